The Balaban J connectivity index is 1.76. The highest BCUT2D eigenvalue weighted by Gasteiger charge is 2.29. The molecule has 0 amide bonds. The van der Waals surface area contributed by atoms with Crippen LogP contribution in [-0.4, -0.2) is 16.3 Å². The predicted octanol–water partition coefficient (Wildman–Crippen LogP) is 4.06. The molecule has 1 saturated carbocycles. The van der Waals surface area contributed by atoms with Gasteiger partial charge in [-0.3, -0.25) is 0 Å². The molecule has 110 valence electrons. The summed E-state index contributed by atoms with van der Waals surface area (Å²) in [6, 6.07) is 8.83. The molecular formula is C18H23N3. The molecule has 1 aliphatic carbocycles. The van der Waals surface area contributed by atoms with Crippen LogP contribution in [0.4, 0.5) is 5.82 Å². The zero-order valence-electron chi connectivity index (χ0n) is 12.7. The first-order valence-corrected chi connectivity index (χ1v) is 8.32. The Bertz CT molecular complexity index is 633. The molecule has 1 aromatic carbocycles. The van der Waals surface area contributed by atoms with Crippen LogP contribution in [0.2, 0.25) is 0 Å². The number of aromatic nitrogens is 2. The quantitative estimate of drug-likeness (QED) is 0.919. The fourth-order valence-electron chi connectivity index (χ4n) is 3.79. The van der Waals surface area contributed by atoms with Crippen LogP contribution in [0, 0.1) is 0 Å². The van der Waals surface area contributed by atoms with Crippen LogP contribution < -0.4 is 5.32 Å². The fourth-order valence-corrected chi connectivity index (χ4v) is 3.79. The van der Waals surface area contributed by atoms with E-state index in [-0.39, 0.29) is 0 Å². The van der Waals surface area contributed by atoms with Gasteiger partial charge in [-0.05, 0) is 43.4 Å². The van der Waals surface area contributed by atoms with Crippen molar-refractivity contribution < 1.29 is 0 Å². The van der Waals surface area contributed by atoms with Crippen molar-refractivity contribution in [3.63, 3.8) is 0 Å². The normalized spacial score (nSPS) is 18.0. The summed E-state index contributed by atoms with van der Waals surface area (Å²) in [5, 5.41) is 8.53. The fraction of sp³-hybridized carbons (Fsp3) is 0.500. The summed E-state index contributed by atoms with van der Waals surface area (Å²) in [6.45, 7) is 3.25. The molecule has 3 heteroatoms. The third-order valence-corrected chi connectivity index (χ3v) is 5.01. The molecule has 21 heavy (non-hydrogen) atoms. The summed E-state index contributed by atoms with van der Waals surface area (Å²) >= 11 is 0. The Morgan fingerprint density at radius 1 is 1.19 bits per heavy atom. The molecule has 2 aliphatic rings. The first-order chi connectivity index (χ1) is 10.4. The zero-order chi connectivity index (χ0) is 14.2. The van der Waals surface area contributed by atoms with Gasteiger partial charge >= 0.3 is 0 Å². The average molecular weight is 281 g/mol. The van der Waals surface area contributed by atoms with Gasteiger partial charge < -0.3 is 5.32 Å². The van der Waals surface area contributed by atoms with Crippen LogP contribution in [0.25, 0.3) is 5.69 Å². The second-order valence-electron chi connectivity index (χ2n) is 6.30. The van der Waals surface area contributed by atoms with E-state index in [1.54, 1.807) is 0 Å². The van der Waals surface area contributed by atoms with Gasteiger partial charge in [0, 0.05) is 18.0 Å². The topological polar surface area (TPSA) is 29.9 Å². The molecule has 2 heterocycles. The third kappa shape index (κ3) is 2.15. The molecule has 0 atom stereocenters. The molecule has 0 radical (unpaired) electrons. The van der Waals surface area contributed by atoms with E-state index in [4.69, 9.17) is 5.10 Å². The van der Waals surface area contributed by atoms with Gasteiger partial charge in [0.05, 0.1) is 11.4 Å². The Labute approximate surface area is 126 Å². The third-order valence-electron chi connectivity index (χ3n) is 5.01. The van der Waals surface area contributed by atoms with Crippen LogP contribution in [0.1, 0.15) is 55.3 Å². The van der Waals surface area contributed by atoms with Crippen molar-refractivity contribution in [3.05, 3.63) is 41.1 Å². The van der Waals surface area contributed by atoms with E-state index >= 15 is 0 Å². The SMILES string of the molecule is CCc1ccc(-n2nc(C3CCCC3)c3c2NCC3)cc1. The van der Waals surface area contributed by atoms with Crippen LogP contribution in [-0.2, 0) is 12.8 Å². The number of anilines is 1. The number of benzene rings is 1. The van der Waals surface area contributed by atoms with Gasteiger partial charge in [0.25, 0.3) is 0 Å². The molecular weight excluding hydrogens is 258 g/mol. The summed E-state index contributed by atoms with van der Waals surface area (Å²) < 4.78 is 2.13. The lowest BCUT2D eigenvalue weighted by molar-refractivity contribution is 0.670. The lowest BCUT2D eigenvalue weighted by Crippen LogP contribution is -2.06. The molecule has 1 fully saturated rings. The van der Waals surface area contributed by atoms with E-state index in [0.29, 0.717) is 5.92 Å². The average Bonchev–Trinajstić information content (AvgIpc) is 3.24. The van der Waals surface area contributed by atoms with E-state index in [0.717, 1.165) is 19.4 Å². The highest BCUT2D eigenvalue weighted by atomic mass is 15.3. The van der Waals surface area contributed by atoms with E-state index in [9.17, 15) is 0 Å². The maximum atomic E-state index is 4.99. The smallest absolute Gasteiger partial charge is 0.133 e. The van der Waals surface area contributed by atoms with E-state index in [1.165, 1.54) is 54.0 Å². The van der Waals surface area contributed by atoms with E-state index in [2.05, 4.69) is 41.2 Å². The van der Waals surface area contributed by atoms with Crippen molar-refractivity contribution in [2.45, 2.75) is 51.4 Å². The number of hydrogen-bond donors (Lipinski definition) is 1. The molecule has 0 spiro atoms. The number of hydrogen-bond acceptors (Lipinski definition) is 2. The molecule has 0 saturated heterocycles. The maximum Gasteiger partial charge on any atom is 0.133 e. The summed E-state index contributed by atoms with van der Waals surface area (Å²) in [5.74, 6) is 1.93. The predicted molar refractivity (Wildman–Crippen MR) is 86.3 cm³/mol. The monoisotopic (exact) mass is 281 g/mol. The second kappa shape index (κ2) is 5.21. The second-order valence-corrected chi connectivity index (χ2v) is 6.30. The van der Waals surface area contributed by atoms with Crippen molar-refractivity contribution in [3.8, 4) is 5.69 Å². The van der Waals surface area contributed by atoms with Gasteiger partial charge in [-0.1, -0.05) is 31.9 Å². The molecule has 1 N–H and O–H groups in total. The number of nitrogens with zero attached hydrogens (tertiary/aromatic N) is 2. The lowest BCUT2D eigenvalue weighted by Gasteiger charge is -2.08. The van der Waals surface area contributed by atoms with Crippen molar-refractivity contribution in [1.82, 2.24) is 9.78 Å². The van der Waals surface area contributed by atoms with Gasteiger partial charge in [0.15, 0.2) is 0 Å². The van der Waals surface area contributed by atoms with Crippen molar-refractivity contribution in [2.24, 2.45) is 0 Å². The number of aryl methyl sites for hydroxylation is 1. The molecule has 1 aromatic heterocycles. The van der Waals surface area contributed by atoms with E-state index in [1.807, 2.05) is 0 Å². The number of rotatable bonds is 3. The zero-order valence-corrected chi connectivity index (χ0v) is 12.7. The van der Waals surface area contributed by atoms with Crippen molar-refractivity contribution in [1.29, 1.82) is 0 Å². The number of fused-ring (bicyclic) bond motifs is 1. The first kappa shape index (κ1) is 12.9. The standard InChI is InChI=1S/C18H23N3/c1-2-13-7-9-15(10-8-13)21-18-16(11-12-19-18)17(20-21)14-5-3-4-6-14/h7-10,14,19H,2-6,11-12H2,1H3. The molecule has 0 bridgehead atoms. The minimum absolute atomic E-state index is 0.690. The lowest BCUT2D eigenvalue weighted by atomic mass is 9.99. The van der Waals surface area contributed by atoms with Crippen LogP contribution >= 0.6 is 0 Å². The summed E-state index contributed by atoms with van der Waals surface area (Å²) in [5.41, 5.74) is 5.40. The van der Waals surface area contributed by atoms with Crippen LogP contribution in [0.15, 0.2) is 24.3 Å². The van der Waals surface area contributed by atoms with Gasteiger partial charge in [0.2, 0.25) is 0 Å². The summed E-state index contributed by atoms with van der Waals surface area (Å²) in [7, 11) is 0. The molecule has 0 unspecified atom stereocenters. The summed E-state index contributed by atoms with van der Waals surface area (Å²) in [4.78, 5) is 0. The van der Waals surface area contributed by atoms with Crippen LogP contribution in [0.3, 0.4) is 0 Å². The van der Waals surface area contributed by atoms with Gasteiger partial charge in [-0.2, -0.15) is 5.10 Å². The molecule has 2 aromatic rings. The van der Waals surface area contributed by atoms with Crippen molar-refractivity contribution >= 4 is 5.82 Å². The minimum atomic E-state index is 0.690. The van der Waals surface area contributed by atoms with Crippen molar-refractivity contribution in [2.75, 3.05) is 11.9 Å². The Morgan fingerprint density at radius 2 is 1.95 bits per heavy atom. The van der Waals surface area contributed by atoms with Gasteiger partial charge in [-0.15, -0.1) is 0 Å². The number of nitrogens with one attached hydrogen (secondary N) is 1. The van der Waals surface area contributed by atoms with Gasteiger partial charge in [-0.25, -0.2) is 4.68 Å². The molecule has 1 aliphatic heterocycles. The molecule has 4 rings (SSSR count). The largest absolute Gasteiger partial charge is 0.369 e. The highest BCUT2D eigenvalue weighted by Crippen LogP contribution is 2.39. The first-order valence-electron chi connectivity index (χ1n) is 8.32. The maximum absolute atomic E-state index is 4.99. The minimum Gasteiger partial charge on any atom is -0.369 e. The Hall–Kier alpha value is -1.77. The Morgan fingerprint density at radius 3 is 2.67 bits per heavy atom. The van der Waals surface area contributed by atoms with Crippen LogP contribution in [0.5, 0.6) is 0 Å². The Kier molecular flexibility index (Phi) is 3.21. The summed E-state index contributed by atoms with van der Waals surface area (Å²) in [6.07, 6.45) is 7.59. The van der Waals surface area contributed by atoms with Gasteiger partial charge in [0.1, 0.15) is 5.82 Å². The van der Waals surface area contributed by atoms with E-state index < -0.39 is 0 Å². The molecule has 3 nitrogen and oxygen atoms in total. The highest BCUT2D eigenvalue weighted by molar-refractivity contribution is 5.58.